The van der Waals surface area contributed by atoms with E-state index < -0.39 is 10.0 Å². The Morgan fingerprint density at radius 3 is 2.15 bits per heavy atom. The molecule has 7 heteroatoms. The van der Waals surface area contributed by atoms with Crippen LogP contribution in [-0.2, 0) is 10.0 Å². The van der Waals surface area contributed by atoms with Crippen molar-refractivity contribution < 1.29 is 8.42 Å². The summed E-state index contributed by atoms with van der Waals surface area (Å²) in [4.78, 5) is 0.117. The number of benzene rings is 1. The minimum absolute atomic E-state index is 0.117. The minimum Gasteiger partial charge on any atom is -0.398 e. The summed E-state index contributed by atoms with van der Waals surface area (Å²) in [6.45, 7) is 0. The van der Waals surface area contributed by atoms with Crippen molar-refractivity contribution in [3.63, 3.8) is 0 Å². The lowest BCUT2D eigenvalue weighted by Crippen LogP contribution is -2.14. The number of sulfonamides is 1. The van der Waals surface area contributed by atoms with Gasteiger partial charge in [0, 0.05) is 9.26 Å². The van der Waals surface area contributed by atoms with Gasteiger partial charge in [-0.15, -0.1) is 0 Å². The van der Waals surface area contributed by atoms with Crippen molar-refractivity contribution in [2.45, 2.75) is 4.90 Å². The Hall–Kier alpha value is 0.390. The third kappa shape index (κ3) is 2.44. The molecule has 72 valence electrons. The molecule has 13 heavy (non-hydrogen) atoms. The quantitative estimate of drug-likeness (QED) is 0.524. The Morgan fingerprint density at radius 2 is 1.69 bits per heavy atom. The van der Waals surface area contributed by atoms with Gasteiger partial charge >= 0.3 is 0 Å². The van der Waals surface area contributed by atoms with E-state index in [1.807, 2.05) is 45.2 Å². The van der Waals surface area contributed by atoms with E-state index in [-0.39, 0.29) is 4.90 Å². The van der Waals surface area contributed by atoms with E-state index in [1.54, 1.807) is 0 Å². The highest BCUT2D eigenvalue weighted by molar-refractivity contribution is 14.1. The molecular weight excluding hydrogens is 418 g/mol. The van der Waals surface area contributed by atoms with Gasteiger partial charge in [-0.05, 0) is 57.3 Å². The van der Waals surface area contributed by atoms with Crippen LogP contribution < -0.4 is 10.9 Å². The van der Waals surface area contributed by atoms with Crippen molar-refractivity contribution in [2.75, 3.05) is 5.73 Å². The van der Waals surface area contributed by atoms with Gasteiger partial charge in [0.05, 0.1) is 8.47 Å². The average molecular weight is 424 g/mol. The van der Waals surface area contributed by atoms with Gasteiger partial charge in [-0.25, -0.2) is 13.6 Å². The SMILES string of the molecule is Nc1ccc(S(N)(=O)=O)c(I)c1I. The molecule has 0 aromatic heterocycles. The highest BCUT2D eigenvalue weighted by atomic mass is 127. The Morgan fingerprint density at radius 1 is 1.15 bits per heavy atom. The van der Waals surface area contributed by atoms with Gasteiger partial charge in [0.2, 0.25) is 10.0 Å². The van der Waals surface area contributed by atoms with E-state index in [4.69, 9.17) is 10.9 Å². The number of nitrogen functional groups attached to an aromatic ring is 1. The second-order valence-corrected chi connectivity index (χ2v) is 6.01. The maximum Gasteiger partial charge on any atom is 0.239 e. The molecule has 0 spiro atoms. The van der Waals surface area contributed by atoms with Crippen LogP contribution in [0.3, 0.4) is 0 Å². The number of nitrogens with two attached hydrogens (primary N) is 2. The molecule has 0 radical (unpaired) electrons. The first-order chi connectivity index (χ1) is 5.84. The molecule has 1 rings (SSSR count). The van der Waals surface area contributed by atoms with E-state index in [9.17, 15) is 8.42 Å². The lowest BCUT2D eigenvalue weighted by Gasteiger charge is -2.05. The fourth-order valence-electron chi connectivity index (χ4n) is 0.766. The second kappa shape index (κ2) is 3.87. The molecule has 4 N–H and O–H groups in total. The normalized spacial score (nSPS) is 11.6. The lowest BCUT2D eigenvalue weighted by atomic mass is 10.3. The lowest BCUT2D eigenvalue weighted by molar-refractivity contribution is 0.597. The molecule has 0 aliphatic rings. The zero-order valence-corrected chi connectivity index (χ0v) is 11.4. The second-order valence-electron chi connectivity index (χ2n) is 2.33. The van der Waals surface area contributed by atoms with Gasteiger partial charge < -0.3 is 5.73 Å². The summed E-state index contributed by atoms with van der Waals surface area (Å²) in [5.41, 5.74) is 6.14. The smallest absolute Gasteiger partial charge is 0.239 e. The fraction of sp³-hybridized carbons (Fsp3) is 0. The molecule has 1 aromatic rings. The zero-order valence-electron chi connectivity index (χ0n) is 6.29. The summed E-state index contributed by atoms with van der Waals surface area (Å²) in [7, 11) is -3.64. The van der Waals surface area contributed by atoms with E-state index in [0.717, 1.165) is 0 Å². The molecular formula is C6H6I2N2O2S. The topological polar surface area (TPSA) is 86.2 Å². The highest BCUT2D eigenvalue weighted by Gasteiger charge is 2.15. The average Bonchev–Trinajstić information content (AvgIpc) is 1.98. The summed E-state index contributed by atoms with van der Waals surface area (Å²) in [5.74, 6) is 0. The minimum atomic E-state index is -3.64. The third-order valence-corrected chi connectivity index (χ3v) is 6.02. The molecule has 0 heterocycles. The van der Waals surface area contributed by atoms with Crippen LogP contribution in [0.2, 0.25) is 0 Å². The molecule has 0 fully saturated rings. The van der Waals surface area contributed by atoms with Crippen LogP contribution in [0.5, 0.6) is 0 Å². The fourth-order valence-corrected chi connectivity index (χ4v) is 3.44. The summed E-state index contributed by atoms with van der Waals surface area (Å²) < 4.78 is 23.4. The summed E-state index contributed by atoms with van der Waals surface area (Å²) in [6, 6.07) is 2.94. The van der Waals surface area contributed by atoms with E-state index in [2.05, 4.69) is 0 Å². The molecule has 0 aliphatic heterocycles. The third-order valence-electron chi connectivity index (χ3n) is 1.38. The largest absolute Gasteiger partial charge is 0.398 e. The number of hydrogen-bond acceptors (Lipinski definition) is 3. The number of primary sulfonamides is 1. The van der Waals surface area contributed by atoms with Crippen molar-refractivity contribution in [1.29, 1.82) is 0 Å². The molecule has 0 bridgehead atoms. The molecule has 0 aliphatic carbocycles. The molecule has 0 saturated carbocycles. The number of rotatable bonds is 1. The van der Waals surface area contributed by atoms with E-state index >= 15 is 0 Å². The van der Waals surface area contributed by atoms with Gasteiger partial charge in [-0.2, -0.15) is 0 Å². The van der Waals surface area contributed by atoms with Crippen molar-refractivity contribution >= 4 is 60.9 Å². The van der Waals surface area contributed by atoms with Crippen LogP contribution in [0.15, 0.2) is 17.0 Å². The van der Waals surface area contributed by atoms with Crippen LogP contribution in [0.25, 0.3) is 0 Å². The first-order valence-corrected chi connectivity index (χ1v) is 6.80. The maximum atomic E-state index is 11.0. The Balaban J connectivity index is 3.53. The van der Waals surface area contributed by atoms with Crippen molar-refractivity contribution in [2.24, 2.45) is 5.14 Å². The van der Waals surface area contributed by atoms with Gasteiger partial charge in [0.1, 0.15) is 0 Å². The first kappa shape index (κ1) is 11.5. The maximum absolute atomic E-state index is 11.0. The first-order valence-electron chi connectivity index (χ1n) is 3.10. The molecule has 0 saturated heterocycles. The van der Waals surface area contributed by atoms with E-state index in [1.165, 1.54) is 12.1 Å². The summed E-state index contributed by atoms with van der Waals surface area (Å²) in [6.07, 6.45) is 0. The molecule has 4 nitrogen and oxygen atoms in total. The Kier molecular flexibility index (Phi) is 3.41. The summed E-state index contributed by atoms with van der Waals surface area (Å²) >= 11 is 3.89. The molecule has 0 amide bonds. The van der Waals surface area contributed by atoms with Crippen LogP contribution in [-0.4, -0.2) is 8.42 Å². The van der Waals surface area contributed by atoms with Crippen LogP contribution in [0, 0.1) is 7.14 Å². The number of anilines is 1. The molecule has 0 unspecified atom stereocenters. The van der Waals surface area contributed by atoms with Crippen LogP contribution >= 0.6 is 45.2 Å². The Labute approximate surface area is 103 Å². The number of hydrogen-bond donors (Lipinski definition) is 2. The highest BCUT2D eigenvalue weighted by Crippen LogP contribution is 2.26. The molecule has 0 atom stereocenters. The van der Waals surface area contributed by atoms with Gasteiger partial charge in [-0.3, -0.25) is 0 Å². The predicted octanol–water partition coefficient (Wildman–Crippen LogP) is 1.13. The summed E-state index contributed by atoms with van der Waals surface area (Å²) in [5, 5.41) is 5.00. The molecule has 1 aromatic carbocycles. The van der Waals surface area contributed by atoms with Gasteiger partial charge in [-0.1, -0.05) is 0 Å². The van der Waals surface area contributed by atoms with E-state index in [0.29, 0.717) is 12.8 Å². The van der Waals surface area contributed by atoms with Crippen LogP contribution in [0.1, 0.15) is 0 Å². The van der Waals surface area contributed by atoms with Crippen molar-refractivity contribution in [3.8, 4) is 0 Å². The Bertz CT molecular complexity index is 444. The zero-order chi connectivity index (χ0) is 10.2. The van der Waals surface area contributed by atoms with Crippen molar-refractivity contribution in [1.82, 2.24) is 0 Å². The van der Waals surface area contributed by atoms with Crippen LogP contribution in [0.4, 0.5) is 5.69 Å². The van der Waals surface area contributed by atoms with Gasteiger partial charge in [0.15, 0.2) is 0 Å². The predicted molar refractivity (Wildman–Crippen MR) is 67.7 cm³/mol. The monoisotopic (exact) mass is 424 g/mol. The number of halogens is 2. The van der Waals surface area contributed by atoms with Crippen molar-refractivity contribution in [3.05, 3.63) is 19.3 Å². The standard InChI is InChI=1S/C6H6I2N2O2S/c7-5-3(9)1-2-4(6(5)8)13(10,11)12/h1-2H,9H2,(H2,10,11,12). The van der Waals surface area contributed by atoms with Gasteiger partial charge in [0.25, 0.3) is 0 Å².